The molecule has 25 heavy (non-hydrogen) atoms. The van der Waals surface area contributed by atoms with Crippen LogP contribution in [0.2, 0.25) is 0 Å². The summed E-state index contributed by atoms with van der Waals surface area (Å²) in [5, 5.41) is 0. The number of hydrogen-bond donors (Lipinski definition) is 0. The van der Waals surface area contributed by atoms with Gasteiger partial charge >= 0.3 is 0 Å². The maximum absolute atomic E-state index is 13.3. The van der Waals surface area contributed by atoms with E-state index < -0.39 is 0 Å². The van der Waals surface area contributed by atoms with Crippen LogP contribution >= 0.6 is 0 Å². The van der Waals surface area contributed by atoms with E-state index in [0.29, 0.717) is 17.0 Å². The smallest absolute Gasteiger partial charge is 0.254 e. The van der Waals surface area contributed by atoms with Gasteiger partial charge in [0.1, 0.15) is 5.82 Å². The number of amides is 1. The standard InChI is InChI=1S/C20H28FNO3/c1-3-24-13-16-14-25-11-8-20(16)6-9-22(10-7-20)19(23)18-5-4-17(21)12-15(18)2/h4-5,12,16H,3,6-11,13-14H2,1-2H3/t16-/m1/s1. The van der Waals surface area contributed by atoms with E-state index in [1.165, 1.54) is 12.1 Å². The quantitative estimate of drug-likeness (QED) is 0.836. The number of aryl methyl sites for hydroxylation is 1. The molecule has 1 spiro atoms. The van der Waals surface area contributed by atoms with Crippen molar-refractivity contribution in [1.29, 1.82) is 0 Å². The zero-order valence-electron chi connectivity index (χ0n) is 15.2. The Morgan fingerprint density at radius 1 is 1.36 bits per heavy atom. The Bertz CT molecular complexity index is 611. The Morgan fingerprint density at radius 2 is 2.12 bits per heavy atom. The molecule has 1 aromatic rings. The van der Waals surface area contributed by atoms with Crippen molar-refractivity contribution in [3.05, 3.63) is 35.1 Å². The topological polar surface area (TPSA) is 38.8 Å². The average Bonchev–Trinajstić information content (AvgIpc) is 2.61. The Labute approximate surface area is 149 Å². The first-order valence-corrected chi connectivity index (χ1v) is 9.26. The second-order valence-electron chi connectivity index (χ2n) is 7.30. The summed E-state index contributed by atoms with van der Waals surface area (Å²) in [6.45, 7) is 8.32. The minimum absolute atomic E-state index is 0.0146. The lowest BCUT2D eigenvalue weighted by molar-refractivity contribution is -0.0956. The first kappa shape index (κ1) is 18.3. The maximum atomic E-state index is 13.3. The summed E-state index contributed by atoms with van der Waals surface area (Å²) in [4.78, 5) is 14.7. The zero-order chi connectivity index (χ0) is 17.9. The molecule has 138 valence electrons. The molecule has 0 saturated carbocycles. The fourth-order valence-electron chi connectivity index (χ4n) is 4.22. The van der Waals surface area contributed by atoms with Crippen molar-refractivity contribution in [2.75, 3.05) is 39.5 Å². The molecule has 2 aliphatic rings. The number of ether oxygens (including phenoxy) is 2. The van der Waals surface area contributed by atoms with Crippen molar-refractivity contribution < 1.29 is 18.7 Å². The second kappa shape index (κ2) is 7.83. The van der Waals surface area contributed by atoms with Gasteiger partial charge in [-0.25, -0.2) is 4.39 Å². The number of piperidine rings is 1. The summed E-state index contributed by atoms with van der Waals surface area (Å²) in [5.41, 5.74) is 1.53. The zero-order valence-corrected chi connectivity index (χ0v) is 15.2. The second-order valence-corrected chi connectivity index (χ2v) is 7.30. The van der Waals surface area contributed by atoms with Crippen molar-refractivity contribution in [3.8, 4) is 0 Å². The van der Waals surface area contributed by atoms with E-state index in [-0.39, 0.29) is 17.1 Å². The van der Waals surface area contributed by atoms with E-state index >= 15 is 0 Å². The molecule has 0 aliphatic carbocycles. The van der Waals surface area contributed by atoms with Crippen LogP contribution in [0.25, 0.3) is 0 Å². The predicted molar refractivity (Wildman–Crippen MR) is 94.1 cm³/mol. The number of hydrogen-bond acceptors (Lipinski definition) is 3. The van der Waals surface area contributed by atoms with Gasteiger partial charge < -0.3 is 14.4 Å². The van der Waals surface area contributed by atoms with Gasteiger partial charge in [0, 0.05) is 37.8 Å². The van der Waals surface area contributed by atoms with Crippen LogP contribution in [0.15, 0.2) is 18.2 Å². The summed E-state index contributed by atoms with van der Waals surface area (Å²) in [5.74, 6) is 0.124. The lowest BCUT2D eigenvalue weighted by Gasteiger charge is -2.49. The third-order valence-corrected chi connectivity index (χ3v) is 5.92. The van der Waals surface area contributed by atoms with E-state index in [1.54, 1.807) is 13.0 Å². The number of carbonyl (C=O) groups is 1. The summed E-state index contributed by atoms with van der Waals surface area (Å²) in [7, 11) is 0. The van der Waals surface area contributed by atoms with Crippen LogP contribution in [0, 0.1) is 24.1 Å². The van der Waals surface area contributed by atoms with Gasteiger partial charge in [0.05, 0.1) is 13.2 Å². The molecule has 0 bridgehead atoms. The summed E-state index contributed by atoms with van der Waals surface area (Å²) in [6, 6.07) is 4.39. The van der Waals surface area contributed by atoms with Gasteiger partial charge in [-0.1, -0.05) is 0 Å². The van der Waals surface area contributed by atoms with E-state index in [0.717, 1.165) is 58.8 Å². The highest BCUT2D eigenvalue weighted by atomic mass is 19.1. The van der Waals surface area contributed by atoms with Gasteiger partial charge in [0.15, 0.2) is 0 Å². The van der Waals surface area contributed by atoms with Crippen LogP contribution in [0.1, 0.15) is 42.1 Å². The Kier molecular flexibility index (Phi) is 5.74. The minimum atomic E-state index is -0.299. The van der Waals surface area contributed by atoms with E-state index in [2.05, 4.69) is 0 Å². The average molecular weight is 349 g/mol. The SMILES string of the molecule is CCOC[C@@H]1COCCC12CCN(C(=O)c1ccc(F)cc1C)CC2. The monoisotopic (exact) mass is 349 g/mol. The van der Waals surface area contributed by atoms with Crippen molar-refractivity contribution >= 4 is 5.91 Å². The molecule has 0 unspecified atom stereocenters. The van der Waals surface area contributed by atoms with Crippen molar-refractivity contribution in [1.82, 2.24) is 4.90 Å². The largest absolute Gasteiger partial charge is 0.381 e. The first-order valence-electron chi connectivity index (χ1n) is 9.26. The lowest BCUT2D eigenvalue weighted by atomic mass is 9.66. The molecule has 1 amide bonds. The molecule has 3 rings (SSSR count). The van der Waals surface area contributed by atoms with Gasteiger partial charge in [0.2, 0.25) is 0 Å². The summed E-state index contributed by atoms with van der Waals surface area (Å²) < 4.78 is 24.6. The van der Waals surface area contributed by atoms with Crippen molar-refractivity contribution in [2.45, 2.75) is 33.1 Å². The van der Waals surface area contributed by atoms with Crippen LogP contribution in [0.3, 0.4) is 0 Å². The predicted octanol–water partition coefficient (Wildman–Crippen LogP) is 3.43. The van der Waals surface area contributed by atoms with Crippen molar-refractivity contribution in [3.63, 3.8) is 0 Å². The van der Waals surface area contributed by atoms with E-state index in [9.17, 15) is 9.18 Å². The highest BCUT2D eigenvalue weighted by molar-refractivity contribution is 5.95. The molecule has 0 radical (unpaired) electrons. The normalized spacial score (nSPS) is 23.0. The van der Waals surface area contributed by atoms with E-state index in [1.807, 2.05) is 11.8 Å². The molecule has 0 N–H and O–H groups in total. The number of benzene rings is 1. The van der Waals surface area contributed by atoms with Gasteiger partial charge in [-0.15, -0.1) is 0 Å². The highest BCUT2D eigenvalue weighted by Gasteiger charge is 2.44. The molecular formula is C20H28FNO3. The number of nitrogens with zero attached hydrogens (tertiary/aromatic N) is 1. The fourth-order valence-corrected chi connectivity index (χ4v) is 4.22. The van der Waals surface area contributed by atoms with Crippen LogP contribution in [-0.4, -0.2) is 50.3 Å². The van der Waals surface area contributed by atoms with Crippen LogP contribution in [0.5, 0.6) is 0 Å². The third kappa shape index (κ3) is 3.87. The number of carbonyl (C=O) groups excluding carboxylic acids is 1. The Hall–Kier alpha value is -1.46. The van der Waals surface area contributed by atoms with Gasteiger partial charge in [-0.2, -0.15) is 0 Å². The molecule has 2 heterocycles. The molecule has 2 aliphatic heterocycles. The Morgan fingerprint density at radius 3 is 2.80 bits per heavy atom. The maximum Gasteiger partial charge on any atom is 0.254 e. The van der Waals surface area contributed by atoms with Crippen LogP contribution < -0.4 is 0 Å². The van der Waals surface area contributed by atoms with E-state index in [4.69, 9.17) is 9.47 Å². The molecule has 2 saturated heterocycles. The molecular weight excluding hydrogens is 321 g/mol. The fraction of sp³-hybridized carbons (Fsp3) is 0.650. The minimum Gasteiger partial charge on any atom is -0.381 e. The number of rotatable bonds is 4. The number of halogens is 1. The first-order chi connectivity index (χ1) is 12.1. The molecule has 4 nitrogen and oxygen atoms in total. The van der Waals surface area contributed by atoms with Crippen LogP contribution in [-0.2, 0) is 9.47 Å². The molecule has 5 heteroatoms. The molecule has 1 atom stereocenters. The van der Waals surface area contributed by atoms with Gasteiger partial charge in [0.25, 0.3) is 5.91 Å². The highest BCUT2D eigenvalue weighted by Crippen LogP contribution is 2.45. The van der Waals surface area contributed by atoms with Crippen molar-refractivity contribution in [2.24, 2.45) is 11.3 Å². The Balaban J connectivity index is 1.66. The van der Waals surface area contributed by atoms with Crippen LogP contribution in [0.4, 0.5) is 4.39 Å². The summed E-state index contributed by atoms with van der Waals surface area (Å²) in [6.07, 6.45) is 3.02. The molecule has 0 aromatic heterocycles. The third-order valence-electron chi connectivity index (χ3n) is 5.92. The van der Waals surface area contributed by atoms with Gasteiger partial charge in [-0.3, -0.25) is 4.79 Å². The lowest BCUT2D eigenvalue weighted by Crippen LogP contribution is -2.50. The summed E-state index contributed by atoms with van der Waals surface area (Å²) >= 11 is 0. The molecule has 2 fully saturated rings. The molecule has 1 aromatic carbocycles. The van der Waals surface area contributed by atoms with Gasteiger partial charge in [-0.05, 0) is 62.3 Å². The number of likely N-dealkylation sites (tertiary alicyclic amines) is 1.